The van der Waals surface area contributed by atoms with E-state index >= 15 is 0 Å². The molecule has 0 amide bonds. The molecule has 1 aliphatic heterocycles. The summed E-state index contributed by atoms with van der Waals surface area (Å²) in [5.41, 5.74) is 0. The lowest BCUT2D eigenvalue weighted by molar-refractivity contribution is 0.0388. The Morgan fingerprint density at radius 3 is 2.47 bits per heavy atom. The van der Waals surface area contributed by atoms with Crippen molar-refractivity contribution in [3.63, 3.8) is 0 Å². The van der Waals surface area contributed by atoms with Gasteiger partial charge in [-0.25, -0.2) is 0 Å². The van der Waals surface area contributed by atoms with Crippen LogP contribution in [0.2, 0.25) is 0 Å². The highest BCUT2D eigenvalue weighted by Gasteiger charge is 2.34. The normalized spacial score (nSPS) is 33.6. The molecule has 1 heterocycles. The summed E-state index contributed by atoms with van der Waals surface area (Å²) in [7, 11) is 0. The van der Waals surface area contributed by atoms with Gasteiger partial charge in [-0.1, -0.05) is 34.1 Å². The lowest BCUT2D eigenvalue weighted by atomic mass is 9.75. The Labute approximate surface area is 96.2 Å². The van der Waals surface area contributed by atoms with Crippen LogP contribution in [0, 0.1) is 17.8 Å². The highest BCUT2D eigenvalue weighted by molar-refractivity contribution is 4.86. The van der Waals surface area contributed by atoms with Crippen molar-refractivity contribution < 1.29 is 0 Å². The number of piperidine rings is 1. The molecule has 0 N–H and O–H groups in total. The van der Waals surface area contributed by atoms with Crippen molar-refractivity contribution in [2.75, 3.05) is 13.1 Å². The minimum Gasteiger partial charge on any atom is -0.300 e. The Morgan fingerprint density at radius 2 is 1.93 bits per heavy atom. The second-order valence-corrected chi connectivity index (χ2v) is 5.72. The molecular weight excluding hydrogens is 182 g/mol. The molecule has 1 saturated heterocycles. The number of hydrogen-bond acceptors (Lipinski definition) is 1. The topological polar surface area (TPSA) is 3.24 Å². The van der Waals surface area contributed by atoms with Gasteiger partial charge in [0.2, 0.25) is 0 Å². The first-order valence-corrected chi connectivity index (χ1v) is 6.82. The number of nitrogens with zero attached hydrogens (tertiary/aromatic N) is 1. The van der Waals surface area contributed by atoms with Crippen LogP contribution in [0.5, 0.6) is 0 Å². The molecule has 0 aromatic heterocycles. The van der Waals surface area contributed by atoms with Gasteiger partial charge in [0.05, 0.1) is 0 Å². The summed E-state index contributed by atoms with van der Waals surface area (Å²) in [4.78, 5) is 2.72. The van der Waals surface area contributed by atoms with Gasteiger partial charge in [0.1, 0.15) is 0 Å². The third-order valence-electron chi connectivity index (χ3n) is 4.23. The maximum absolute atomic E-state index is 2.72. The summed E-state index contributed by atoms with van der Waals surface area (Å²) >= 11 is 0. The highest BCUT2D eigenvalue weighted by Crippen LogP contribution is 2.34. The van der Waals surface area contributed by atoms with E-state index in [9.17, 15) is 0 Å². The van der Waals surface area contributed by atoms with Crippen molar-refractivity contribution in [1.82, 2.24) is 4.90 Å². The van der Waals surface area contributed by atoms with Crippen LogP contribution in [0.25, 0.3) is 0 Å². The van der Waals surface area contributed by atoms with Gasteiger partial charge in [0.15, 0.2) is 0 Å². The second-order valence-electron chi connectivity index (χ2n) is 5.72. The summed E-state index contributed by atoms with van der Waals surface area (Å²) in [5, 5.41) is 0. The maximum Gasteiger partial charge on any atom is 0.0100 e. The largest absolute Gasteiger partial charge is 0.300 e. The summed E-state index contributed by atoms with van der Waals surface area (Å²) in [6, 6.07) is 0.792. The van der Waals surface area contributed by atoms with Gasteiger partial charge in [-0.2, -0.15) is 0 Å². The van der Waals surface area contributed by atoms with Crippen LogP contribution in [0.1, 0.15) is 53.9 Å². The van der Waals surface area contributed by atoms with Crippen molar-refractivity contribution in [3.8, 4) is 0 Å². The third-order valence-corrected chi connectivity index (χ3v) is 4.23. The van der Waals surface area contributed by atoms with E-state index in [1.807, 2.05) is 0 Å². The Hall–Kier alpha value is -0.0400. The lowest BCUT2D eigenvalue weighted by Gasteiger charge is -2.45. The minimum absolute atomic E-state index is 0.792. The average Bonchev–Trinajstić information content (AvgIpc) is 2.16. The van der Waals surface area contributed by atoms with Gasteiger partial charge in [-0.3, -0.25) is 0 Å². The first-order valence-electron chi connectivity index (χ1n) is 6.82. The predicted molar refractivity (Wildman–Crippen MR) is 68.1 cm³/mol. The fourth-order valence-corrected chi connectivity index (χ4v) is 3.38. The van der Waals surface area contributed by atoms with Crippen LogP contribution in [-0.4, -0.2) is 24.0 Å². The number of unbranched alkanes of at least 4 members (excludes halogenated alkanes) is 1. The first kappa shape index (κ1) is 13.0. The van der Waals surface area contributed by atoms with E-state index in [1.165, 1.54) is 32.4 Å². The number of rotatable bonds is 4. The third kappa shape index (κ3) is 3.21. The monoisotopic (exact) mass is 211 g/mol. The van der Waals surface area contributed by atoms with Crippen molar-refractivity contribution in [3.05, 3.63) is 0 Å². The van der Waals surface area contributed by atoms with Crippen LogP contribution in [-0.2, 0) is 0 Å². The molecule has 0 aliphatic carbocycles. The summed E-state index contributed by atoms with van der Waals surface area (Å²) in [5.74, 6) is 2.65. The molecule has 0 aromatic rings. The van der Waals surface area contributed by atoms with Gasteiger partial charge in [0.25, 0.3) is 0 Å². The Morgan fingerprint density at radius 1 is 1.27 bits per heavy atom. The summed E-state index contributed by atoms with van der Waals surface area (Å²) in [6.07, 6.45) is 4.09. The standard InChI is InChI=1S/C14H29N/c1-6-7-9-15-10-8-12(4)14(11(2)3)13(15)5/h11-14H,6-10H2,1-5H3/t12-,13-,14?/m1/s1. The van der Waals surface area contributed by atoms with Crippen molar-refractivity contribution in [2.24, 2.45) is 17.8 Å². The minimum atomic E-state index is 0.792. The smallest absolute Gasteiger partial charge is 0.0100 e. The van der Waals surface area contributed by atoms with Crippen LogP contribution in [0.15, 0.2) is 0 Å². The Kier molecular flexibility index (Phi) is 5.11. The molecule has 0 saturated carbocycles. The molecule has 3 atom stereocenters. The molecule has 0 radical (unpaired) electrons. The average molecular weight is 211 g/mol. The van der Waals surface area contributed by atoms with E-state index in [2.05, 4.69) is 39.5 Å². The van der Waals surface area contributed by atoms with E-state index < -0.39 is 0 Å². The molecule has 1 aliphatic rings. The second kappa shape index (κ2) is 5.89. The van der Waals surface area contributed by atoms with Crippen LogP contribution in [0.3, 0.4) is 0 Å². The van der Waals surface area contributed by atoms with Gasteiger partial charge in [-0.15, -0.1) is 0 Å². The molecule has 1 fully saturated rings. The zero-order chi connectivity index (χ0) is 11.4. The quantitative estimate of drug-likeness (QED) is 0.684. The fraction of sp³-hybridized carbons (Fsp3) is 1.00. The zero-order valence-electron chi connectivity index (χ0n) is 11.3. The van der Waals surface area contributed by atoms with E-state index in [0.717, 1.165) is 23.8 Å². The van der Waals surface area contributed by atoms with Gasteiger partial charge >= 0.3 is 0 Å². The van der Waals surface area contributed by atoms with Gasteiger partial charge in [0, 0.05) is 6.04 Å². The van der Waals surface area contributed by atoms with Gasteiger partial charge < -0.3 is 4.90 Å². The highest BCUT2D eigenvalue weighted by atomic mass is 15.2. The Balaban J connectivity index is 2.55. The fourth-order valence-electron chi connectivity index (χ4n) is 3.38. The van der Waals surface area contributed by atoms with Crippen molar-refractivity contribution in [1.29, 1.82) is 0 Å². The molecule has 1 unspecified atom stereocenters. The Bertz CT molecular complexity index is 174. The van der Waals surface area contributed by atoms with E-state index in [-0.39, 0.29) is 0 Å². The van der Waals surface area contributed by atoms with Crippen LogP contribution >= 0.6 is 0 Å². The van der Waals surface area contributed by atoms with Crippen LogP contribution in [0.4, 0.5) is 0 Å². The van der Waals surface area contributed by atoms with Gasteiger partial charge in [-0.05, 0) is 50.6 Å². The molecule has 0 spiro atoms. The van der Waals surface area contributed by atoms with Crippen molar-refractivity contribution in [2.45, 2.75) is 59.9 Å². The molecule has 0 aromatic carbocycles. The van der Waals surface area contributed by atoms with Crippen molar-refractivity contribution >= 4 is 0 Å². The lowest BCUT2D eigenvalue weighted by Crippen LogP contribution is -2.48. The number of likely N-dealkylation sites (tertiary alicyclic amines) is 1. The molecule has 1 heteroatoms. The molecule has 1 nitrogen and oxygen atoms in total. The predicted octanol–water partition coefficient (Wildman–Crippen LogP) is 3.79. The molecule has 15 heavy (non-hydrogen) atoms. The molecule has 1 rings (SSSR count). The summed E-state index contributed by atoms with van der Waals surface area (Å²) < 4.78 is 0. The SMILES string of the molecule is CCCCN1CC[C@@H](C)C(C(C)C)[C@H]1C. The first-order chi connectivity index (χ1) is 7.07. The van der Waals surface area contributed by atoms with E-state index in [4.69, 9.17) is 0 Å². The zero-order valence-corrected chi connectivity index (χ0v) is 11.3. The molecular formula is C14H29N. The number of hydrogen-bond donors (Lipinski definition) is 0. The molecule has 90 valence electrons. The van der Waals surface area contributed by atoms with E-state index in [0.29, 0.717) is 0 Å². The molecule has 0 bridgehead atoms. The van der Waals surface area contributed by atoms with E-state index in [1.54, 1.807) is 0 Å². The summed E-state index contributed by atoms with van der Waals surface area (Å²) in [6.45, 7) is 14.6. The maximum atomic E-state index is 2.72. The van der Waals surface area contributed by atoms with Crippen LogP contribution < -0.4 is 0 Å².